The van der Waals surface area contributed by atoms with E-state index in [0.717, 1.165) is 38.6 Å². The van der Waals surface area contributed by atoms with Gasteiger partial charge >= 0.3 is 6.01 Å². The van der Waals surface area contributed by atoms with Crippen LogP contribution in [0.3, 0.4) is 0 Å². The molecule has 3 heterocycles. The standard InChI is InChI=1S/C37H38F4N4O4/c1-4-24-27(38)9-8-21-15-23(46)16-25(31(21)24)26-17-28-32-34(33(26)41)42-36(49-20-37-11-5-7-29(37)44(2)13-6-12-37)43-35(32)45(14-10-30(39)40)22(18-47-3)19-48-28/h1,8-9,15-17,22,29-30,46H,5-7,10-14,18-20H2,2-3H3/t22?,29-,37-/m1/s1. The zero-order valence-corrected chi connectivity index (χ0v) is 27.4. The Morgan fingerprint density at radius 3 is 2.71 bits per heavy atom. The molecule has 0 amide bonds. The number of halogens is 4. The van der Waals surface area contributed by atoms with Crippen molar-refractivity contribution >= 4 is 27.5 Å². The summed E-state index contributed by atoms with van der Waals surface area (Å²) < 4.78 is 77.5. The van der Waals surface area contributed by atoms with E-state index in [4.69, 9.17) is 25.6 Å². The van der Waals surface area contributed by atoms with Crippen molar-refractivity contribution in [3.8, 4) is 41.0 Å². The fourth-order valence-corrected chi connectivity index (χ4v) is 8.26. The number of hydrogen-bond acceptors (Lipinski definition) is 8. The summed E-state index contributed by atoms with van der Waals surface area (Å²) in [4.78, 5) is 13.4. The van der Waals surface area contributed by atoms with Crippen molar-refractivity contribution < 1.29 is 36.9 Å². The average Bonchev–Trinajstić information content (AvgIpc) is 3.46. The van der Waals surface area contributed by atoms with Gasteiger partial charge in [-0.1, -0.05) is 18.4 Å². The minimum Gasteiger partial charge on any atom is -0.508 e. The summed E-state index contributed by atoms with van der Waals surface area (Å²) in [6, 6.07) is 6.52. The van der Waals surface area contributed by atoms with E-state index in [0.29, 0.717) is 18.0 Å². The van der Waals surface area contributed by atoms with Crippen LogP contribution in [0.4, 0.5) is 23.4 Å². The van der Waals surface area contributed by atoms with Crippen molar-refractivity contribution in [1.29, 1.82) is 0 Å². The van der Waals surface area contributed by atoms with Crippen LogP contribution in [0.25, 0.3) is 32.8 Å². The van der Waals surface area contributed by atoms with E-state index < -0.39 is 30.5 Å². The normalized spacial score (nSPS) is 22.3. The number of benzene rings is 3. The van der Waals surface area contributed by atoms with E-state index >= 15 is 4.39 Å². The highest BCUT2D eigenvalue weighted by Gasteiger charge is 2.47. The van der Waals surface area contributed by atoms with E-state index in [1.807, 2.05) is 0 Å². The topological polar surface area (TPSA) is 80.2 Å². The van der Waals surface area contributed by atoms with Crippen LogP contribution < -0.4 is 14.4 Å². The number of likely N-dealkylation sites (tertiary alicyclic amines) is 1. The molecule has 0 radical (unpaired) electrons. The number of phenolic OH excluding ortho intramolecular Hbond substituents is 1. The number of anilines is 1. The molecule has 1 saturated carbocycles. The van der Waals surface area contributed by atoms with Gasteiger partial charge in [0.15, 0.2) is 5.82 Å². The first-order valence-electron chi connectivity index (χ1n) is 16.6. The van der Waals surface area contributed by atoms with Crippen LogP contribution in [0.5, 0.6) is 17.5 Å². The average molecular weight is 679 g/mol. The summed E-state index contributed by atoms with van der Waals surface area (Å²) in [6.45, 7) is 1.34. The second-order valence-electron chi connectivity index (χ2n) is 13.4. The van der Waals surface area contributed by atoms with Crippen molar-refractivity contribution in [2.45, 2.75) is 57.0 Å². The lowest BCUT2D eigenvalue weighted by atomic mass is 9.76. The number of fused-ring (bicyclic) bond motifs is 2. The summed E-state index contributed by atoms with van der Waals surface area (Å²) in [7, 11) is 3.63. The van der Waals surface area contributed by atoms with E-state index in [-0.39, 0.29) is 81.5 Å². The zero-order valence-electron chi connectivity index (χ0n) is 27.4. The number of ether oxygens (including phenoxy) is 3. The molecule has 1 N–H and O–H groups in total. The second-order valence-corrected chi connectivity index (χ2v) is 13.4. The minimum absolute atomic E-state index is 0.00590. The van der Waals surface area contributed by atoms with E-state index in [9.17, 15) is 18.3 Å². The third-order valence-electron chi connectivity index (χ3n) is 10.5. The van der Waals surface area contributed by atoms with E-state index in [1.54, 1.807) is 4.90 Å². The molecule has 258 valence electrons. The summed E-state index contributed by atoms with van der Waals surface area (Å²) in [6.07, 6.45) is 7.77. The van der Waals surface area contributed by atoms with Crippen LogP contribution in [0, 0.1) is 29.4 Å². The smallest absolute Gasteiger partial charge is 0.319 e. The monoisotopic (exact) mass is 678 g/mol. The van der Waals surface area contributed by atoms with Gasteiger partial charge in [0.05, 0.1) is 30.2 Å². The van der Waals surface area contributed by atoms with Gasteiger partial charge in [-0.2, -0.15) is 9.97 Å². The number of rotatable bonds is 9. The number of nitrogens with zero attached hydrogens (tertiary/aromatic N) is 4. The molecule has 2 fully saturated rings. The Morgan fingerprint density at radius 2 is 1.94 bits per heavy atom. The molecular weight excluding hydrogens is 640 g/mol. The fraction of sp³-hybridized carbons (Fsp3) is 0.459. The maximum Gasteiger partial charge on any atom is 0.319 e. The van der Waals surface area contributed by atoms with Crippen molar-refractivity contribution in [3.05, 3.63) is 47.5 Å². The summed E-state index contributed by atoms with van der Waals surface area (Å²) in [5.41, 5.74) is -0.280. The SMILES string of the molecule is C#Cc1c(F)ccc2cc(O)cc(-c3cc4c5c(nc(OC[C@]67CCC[C@H]6N(C)CCC7)nc5c3F)N(CCC(F)F)C(COC)CO4)c12. The Balaban J connectivity index is 1.44. The van der Waals surface area contributed by atoms with Crippen LogP contribution in [0.2, 0.25) is 0 Å². The van der Waals surface area contributed by atoms with Gasteiger partial charge < -0.3 is 29.1 Å². The number of aromatic hydroxyl groups is 1. The number of hydrogen-bond donors (Lipinski definition) is 1. The Morgan fingerprint density at radius 1 is 1.12 bits per heavy atom. The molecule has 1 aliphatic carbocycles. The Bertz CT molecular complexity index is 1950. The second kappa shape index (κ2) is 13.2. The highest BCUT2D eigenvalue weighted by atomic mass is 19.3. The lowest BCUT2D eigenvalue weighted by molar-refractivity contribution is 0.0133. The molecule has 4 aromatic rings. The third kappa shape index (κ3) is 5.87. The van der Waals surface area contributed by atoms with Crippen LogP contribution in [0.1, 0.15) is 44.1 Å². The molecular formula is C37H38F4N4O4. The van der Waals surface area contributed by atoms with Gasteiger partial charge in [-0.15, -0.1) is 6.42 Å². The van der Waals surface area contributed by atoms with Gasteiger partial charge in [0.2, 0.25) is 6.43 Å². The number of aromatic nitrogens is 2. The molecule has 7 rings (SSSR count). The number of piperidine rings is 1. The van der Waals surface area contributed by atoms with E-state index in [2.05, 4.69) is 22.9 Å². The maximum atomic E-state index is 17.1. The minimum atomic E-state index is -2.59. The van der Waals surface area contributed by atoms with Crippen LogP contribution in [-0.2, 0) is 4.74 Å². The highest BCUT2D eigenvalue weighted by molar-refractivity contribution is 6.05. The molecule has 8 nitrogen and oxygen atoms in total. The Kier molecular flexibility index (Phi) is 8.92. The van der Waals surface area contributed by atoms with Crippen molar-refractivity contribution in [1.82, 2.24) is 14.9 Å². The fourth-order valence-electron chi connectivity index (χ4n) is 8.26. The predicted octanol–water partition coefficient (Wildman–Crippen LogP) is 6.93. The summed E-state index contributed by atoms with van der Waals surface area (Å²) >= 11 is 0. The van der Waals surface area contributed by atoms with Crippen molar-refractivity contribution in [2.75, 3.05) is 52.0 Å². The lowest BCUT2D eigenvalue weighted by Gasteiger charge is -2.44. The molecule has 1 saturated heterocycles. The molecule has 12 heteroatoms. The zero-order chi connectivity index (χ0) is 34.4. The lowest BCUT2D eigenvalue weighted by Crippen LogP contribution is -2.50. The maximum absolute atomic E-state index is 17.1. The van der Waals surface area contributed by atoms with Gasteiger partial charge in [-0.3, -0.25) is 0 Å². The molecule has 3 aliphatic rings. The molecule has 1 unspecified atom stereocenters. The Hall–Kier alpha value is -4.34. The molecule has 0 spiro atoms. The predicted molar refractivity (Wildman–Crippen MR) is 179 cm³/mol. The first kappa shape index (κ1) is 33.2. The number of methoxy groups -OCH3 is 1. The molecule has 3 aromatic carbocycles. The summed E-state index contributed by atoms with van der Waals surface area (Å²) in [5, 5.41) is 11.5. The largest absolute Gasteiger partial charge is 0.508 e. The third-order valence-corrected chi connectivity index (χ3v) is 10.5. The Labute approximate surface area is 282 Å². The van der Waals surface area contributed by atoms with Gasteiger partial charge in [0, 0.05) is 42.5 Å². The number of terminal acetylenes is 1. The number of phenols is 1. The van der Waals surface area contributed by atoms with Gasteiger partial charge in [0.1, 0.15) is 35.3 Å². The van der Waals surface area contributed by atoms with Crippen LogP contribution in [0.15, 0.2) is 30.3 Å². The molecule has 49 heavy (non-hydrogen) atoms. The first-order chi connectivity index (χ1) is 23.6. The van der Waals surface area contributed by atoms with Crippen molar-refractivity contribution in [3.63, 3.8) is 0 Å². The molecule has 3 atom stereocenters. The quantitative estimate of drug-likeness (QED) is 0.151. The number of alkyl halides is 2. The van der Waals surface area contributed by atoms with Gasteiger partial charge in [-0.25, -0.2) is 17.6 Å². The van der Waals surface area contributed by atoms with Gasteiger partial charge in [-0.05, 0) is 74.5 Å². The highest BCUT2D eigenvalue weighted by Crippen LogP contribution is 2.48. The molecule has 0 bridgehead atoms. The van der Waals surface area contributed by atoms with Crippen LogP contribution >= 0.6 is 0 Å². The van der Waals surface area contributed by atoms with E-state index in [1.165, 1.54) is 37.4 Å². The molecule has 2 aliphatic heterocycles. The molecule has 1 aromatic heterocycles. The van der Waals surface area contributed by atoms with Crippen molar-refractivity contribution in [2.24, 2.45) is 5.41 Å². The van der Waals surface area contributed by atoms with Gasteiger partial charge in [0.25, 0.3) is 0 Å². The first-order valence-corrected chi connectivity index (χ1v) is 16.6. The van der Waals surface area contributed by atoms with Crippen LogP contribution in [-0.4, -0.2) is 85.6 Å². The summed E-state index contributed by atoms with van der Waals surface area (Å²) in [5.74, 6) is 1.08.